The van der Waals surface area contributed by atoms with Crippen LogP contribution in [0.3, 0.4) is 0 Å². The fourth-order valence-corrected chi connectivity index (χ4v) is 1.41. The van der Waals surface area contributed by atoms with Gasteiger partial charge in [-0.1, -0.05) is 13.8 Å². The van der Waals surface area contributed by atoms with Gasteiger partial charge in [0, 0.05) is 13.0 Å². The summed E-state index contributed by atoms with van der Waals surface area (Å²) in [5.41, 5.74) is 5.40. The van der Waals surface area contributed by atoms with Crippen molar-refractivity contribution in [2.75, 3.05) is 6.54 Å². The molecule has 0 aliphatic rings. The first-order valence-electron chi connectivity index (χ1n) is 4.90. The molecule has 3 N–H and O–H groups in total. The lowest BCUT2D eigenvalue weighted by Crippen LogP contribution is -2.16. The van der Waals surface area contributed by atoms with Gasteiger partial charge in [0.05, 0.1) is 5.84 Å². The summed E-state index contributed by atoms with van der Waals surface area (Å²) >= 11 is 0. The number of carboxylic acids is 1. The lowest BCUT2D eigenvalue weighted by molar-refractivity contribution is -0.138. The van der Waals surface area contributed by atoms with E-state index < -0.39 is 5.97 Å². The van der Waals surface area contributed by atoms with Crippen LogP contribution in [0.4, 0.5) is 0 Å². The molecule has 4 heteroatoms. The van der Waals surface area contributed by atoms with E-state index in [1.165, 1.54) is 0 Å². The number of carboxylic acid groups (broad SMARTS) is 1. The third-order valence-corrected chi connectivity index (χ3v) is 1.87. The number of nitrogens with two attached hydrogens (primary N) is 1. The molecule has 0 fully saturated rings. The Labute approximate surface area is 85.2 Å². The van der Waals surface area contributed by atoms with Crippen molar-refractivity contribution in [3.8, 4) is 0 Å². The minimum Gasteiger partial charge on any atom is -0.481 e. The number of aliphatic imine (C=N–C) groups is 1. The minimum atomic E-state index is -0.763. The highest BCUT2D eigenvalue weighted by Gasteiger charge is 2.14. The Hall–Kier alpha value is -1.06. The minimum absolute atomic E-state index is 0.103. The first kappa shape index (κ1) is 12.9. The van der Waals surface area contributed by atoms with Crippen LogP contribution in [0.15, 0.2) is 4.99 Å². The average Bonchev–Trinajstić information content (AvgIpc) is 1.97. The topological polar surface area (TPSA) is 75.7 Å². The van der Waals surface area contributed by atoms with Crippen molar-refractivity contribution >= 4 is 11.8 Å². The monoisotopic (exact) mass is 200 g/mol. The van der Waals surface area contributed by atoms with Crippen molar-refractivity contribution in [3.63, 3.8) is 0 Å². The van der Waals surface area contributed by atoms with E-state index in [2.05, 4.69) is 18.8 Å². The zero-order valence-corrected chi connectivity index (χ0v) is 9.16. The molecule has 0 spiro atoms. The van der Waals surface area contributed by atoms with Gasteiger partial charge in [-0.3, -0.25) is 9.79 Å². The average molecular weight is 200 g/mol. The third-order valence-electron chi connectivity index (χ3n) is 1.87. The molecule has 0 aromatic carbocycles. The third kappa shape index (κ3) is 7.58. The molecule has 0 unspecified atom stereocenters. The van der Waals surface area contributed by atoms with E-state index >= 15 is 0 Å². The molecule has 0 aromatic rings. The smallest absolute Gasteiger partial charge is 0.303 e. The van der Waals surface area contributed by atoms with Crippen LogP contribution in [0.25, 0.3) is 0 Å². The highest BCUT2D eigenvalue weighted by atomic mass is 16.4. The van der Waals surface area contributed by atoms with E-state index in [9.17, 15) is 4.79 Å². The number of carbonyl (C=O) groups is 1. The Morgan fingerprint density at radius 1 is 1.50 bits per heavy atom. The van der Waals surface area contributed by atoms with Crippen molar-refractivity contribution < 1.29 is 9.90 Å². The van der Waals surface area contributed by atoms with Crippen molar-refractivity contribution in [2.24, 2.45) is 22.6 Å². The van der Waals surface area contributed by atoms with E-state index in [1.807, 2.05) is 0 Å². The van der Waals surface area contributed by atoms with Gasteiger partial charge in [-0.15, -0.1) is 0 Å². The maximum atomic E-state index is 10.6. The van der Waals surface area contributed by atoms with E-state index in [1.54, 1.807) is 6.92 Å². The first-order valence-corrected chi connectivity index (χ1v) is 4.90. The molecule has 0 rings (SSSR count). The Balaban J connectivity index is 4.10. The number of hydrogen-bond acceptors (Lipinski definition) is 2. The Morgan fingerprint density at radius 2 is 2.07 bits per heavy atom. The molecule has 1 atom stereocenters. The summed E-state index contributed by atoms with van der Waals surface area (Å²) in [5.74, 6) is 0.350. The van der Waals surface area contributed by atoms with Gasteiger partial charge in [0.1, 0.15) is 0 Å². The molecule has 0 saturated carbocycles. The maximum absolute atomic E-state index is 10.6. The van der Waals surface area contributed by atoms with Crippen LogP contribution in [0.5, 0.6) is 0 Å². The lowest BCUT2D eigenvalue weighted by atomic mass is 9.94. The fourth-order valence-electron chi connectivity index (χ4n) is 1.41. The molecule has 14 heavy (non-hydrogen) atoms. The van der Waals surface area contributed by atoms with Crippen LogP contribution in [0, 0.1) is 11.8 Å². The van der Waals surface area contributed by atoms with Gasteiger partial charge in [0.25, 0.3) is 0 Å². The summed E-state index contributed by atoms with van der Waals surface area (Å²) in [4.78, 5) is 14.6. The standard InChI is InChI=1S/C10H20N2O2/c1-7(2)4-9(5-10(13)14)6-12-8(3)11/h7,9H,4-6H2,1-3H3,(H2,11,12)(H,13,14)/t9-/m0/s1. The normalized spacial score (nSPS) is 14.4. The summed E-state index contributed by atoms with van der Waals surface area (Å²) in [6.07, 6.45) is 1.05. The van der Waals surface area contributed by atoms with Gasteiger partial charge in [0.2, 0.25) is 0 Å². The summed E-state index contributed by atoms with van der Waals surface area (Å²) < 4.78 is 0. The molecule has 0 amide bonds. The van der Waals surface area contributed by atoms with Crippen molar-refractivity contribution in [1.82, 2.24) is 0 Å². The molecule has 0 saturated heterocycles. The summed E-state index contributed by atoms with van der Waals surface area (Å²) in [7, 11) is 0. The number of aliphatic carboxylic acids is 1. The van der Waals surface area contributed by atoms with Crippen LogP contribution in [0.2, 0.25) is 0 Å². The summed E-state index contributed by atoms with van der Waals surface area (Å²) in [5, 5.41) is 8.68. The number of hydrogen-bond donors (Lipinski definition) is 2. The van der Waals surface area contributed by atoms with Crippen LogP contribution in [-0.4, -0.2) is 23.5 Å². The van der Waals surface area contributed by atoms with Gasteiger partial charge in [0.15, 0.2) is 0 Å². The molecular formula is C10H20N2O2. The zero-order chi connectivity index (χ0) is 11.1. The lowest BCUT2D eigenvalue weighted by Gasteiger charge is -2.14. The molecule has 4 nitrogen and oxygen atoms in total. The van der Waals surface area contributed by atoms with Crippen molar-refractivity contribution in [1.29, 1.82) is 0 Å². The second-order valence-corrected chi connectivity index (χ2v) is 4.08. The number of amidine groups is 1. The Morgan fingerprint density at radius 3 is 2.43 bits per heavy atom. The van der Waals surface area contributed by atoms with Gasteiger partial charge in [-0.25, -0.2) is 0 Å². The largest absolute Gasteiger partial charge is 0.481 e. The van der Waals surface area contributed by atoms with E-state index in [0.29, 0.717) is 18.3 Å². The Kier molecular flexibility index (Phi) is 5.92. The van der Waals surface area contributed by atoms with Gasteiger partial charge >= 0.3 is 5.97 Å². The molecule has 0 aromatic heterocycles. The van der Waals surface area contributed by atoms with Crippen LogP contribution < -0.4 is 5.73 Å². The van der Waals surface area contributed by atoms with Gasteiger partial charge in [-0.2, -0.15) is 0 Å². The molecule has 0 radical (unpaired) electrons. The molecular weight excluding hydrogens is 180 g/mol. The molecule has 82 valence electrons. The number of nitrogens with zero attached hydrogens (tertiary/aromatic N) is 1. The number of rotatable bonds is 6. The second kappa shape index (κ2) is 6.40. The highest BCUT2D eigenvalue weighted by molar-refractivity contribution is 5.77. The summed E-state index contributed by atoms with van der Waals surface area (Å²) in [6.45, 7) is 6.39. The molecule has 0 bridgehead atoms. The Bertz CT molecular complexity index is 208. The van der Waals surface area contributed by atoms with Crippen LogP contribution in [0.1, 0.15) is 33.6 Å². The van der Waals surface area contributed by atoms with E-state index in [-0.39, 0.29) is 12.3 Å². The van der Waals surface area contributed by atoms with Crippen molar-refractivity contribution in [3.05, 3.63) is 0 Å². The van der Waals surface area contributed by atoms with Gasteiger partial charge < -0.3 is 10.8 Å². The second-order valence-electron chi connectivity index (χ2n) is 4.08. The SMILES string of the molecule is CC(N)=NC[C@H](CC(=O)O)CC(C)C. The molecule has 0 aliphatic heterocycles. The van der Waals surface area contributed by atoms with E-state index in [4.69, 9.17) is 10.8 Å². The van der Waals surface area contributed by atoms with E-state index in [0.717, 1.165) is 6.42 Å². The van der Waals surface area contributed by atoms with Gasteiger partial charge in [-0.05, 0) is 25.2 Å². The summed E-state index contributed by atoms with van der Waals surface area (Å²) in [6, 6.07) is 0. The fraction of sp³-hybridized carbons (Fsp3) is 0.800. The predicted molar refractivity (Wildman–Crippen MR) is 57.4 cm³/mol. The van der Waals surface area contributed by atoms with Crippen molar-refractivity contribution in [2.45, 2.75) is 33.6 Å². The quantitative estimate of drug-likeness (QED) is 0.504. The zero-order valence-electron chi connectivity index (χ0n) is 9.16. The van der Waals surface area contributed by atoms with Crippen LogP contribution >= 0.6 is 0 Å². The molecule has 0 aliphatic carbocycles. The first-order chi connectivity index (χ1) is 6.41. The maximum Gasteiger partial charge on any atom is 0.303 e. The predicted octanol–water partition coefficient (Wildman–Crippen LogP) is 1.50. The van der Waals surface area contributed by atoms with Crippen LogP contribution in [-0.2, 0) is 4.79 Å². The highest BCUT2D eigenvalue weighted by Crippen LogP contribution is 2.15. The molecule has 0 heterocycles.